The van der Waals surface area contributed by atoms with Crippen LogP contribution in [0, 0.1) is 17.8 Å². The minimum Gasteiger partial charge on any atom is -0.354 e. The molecule has 19 heavy (non-hydrogen) atoms. The fraction of sp³-hybridized carbons (Fsp3) is 0.933. The molecule has 0 fully saturated rings. The number of nitrogens with one attached hydrogen (secondary N) is 1. The van der Waals surface area contributed by atoms with Gasteiger partial charge in [-0.1, -0.05) is 27.7 Å². The van der Waals surface area contributed by atoms with Crippen LogP contribution in [-0.4, -0.2) is 44.0 Å². The van der Waals surface area contributed by atoms with Crippen molar-refractivity contribution in [3.05, 3.63) is 0 Å². The molecule has 114 valence electrons. The predicted molar refractivity (Wildman–Crippen MR) is 81.9 cm³/mol. The van der Waals surface area contributed by atoms with Crippen molar-refractivity contribution in [1.29, 1.82) is 0 Å². The molecule has 0 spiro atoms. The van der Waals surface area contributed by atoms with Crippen LogP contribution in [0.1, 0.15) is 40.5 Å². The van der Waals surface area contributed by atoms with E-state index >= 15 is 0 Å². The molecule has 0 aromatic heterocycles. The van der Waals surface area contributed by atoms with E-state index in [1.54, 1.807) is 0 Å². The Labute approximate surface area is 119 Å². The van der Waals surface area contributed by atoms with Crippen molar-refractivity contribution >= 4 is 5.91 Å². The van der Waals surface area contributed by atoms with E-state index in [4.69, 9.17) is 5.73 Å². The minimum atomic E-state index is -0.0538. The van der Waals surface area contributed by atoms with Crippen LogP contribution in [0.2, 0.25) is 0 Å². The molecule has 0 aliphatic rings. The third kappa shape index (κ3) is 8.22. The molecule has 0 rings (SSSR count). The van der Waals surface area contributed by atoms with Crippen molar-refractivity contribution in [3.8, 4) is 0 Å². The molecule has 0 saturated heterocycles. The Balaban J connectivity index is 4.29. The number of hydrogen-bond acceptors (Lipinski definition) is 3. The van der Waals surface area contributed by atoms with Gasteiger partial charge in [0.25, 0.3) is 0 Å². The molecule has 3 N–H and O–H groups in total. The summed E-state index contributed by atoms with van der Waals surface area (Å²) < 4.78 is 0. The first-order valence-electron chi connectivity index (χ1n) is 7.42. The first-order chi connectivity index (χ1) is 8.77. The Morgan fingerprint density at radius 1 is 1.11 bits per heavy atom. The van der Waals surface area contributed by atoms with Crippen LogP contribution >= 0.6 is 0 Å². The second kappa shape index (κ2) is 9.32. The van der Waals surface area contributed by atoms with Crippen LogP contribution in [0.4, 0.5) is 0 Å². The number of rotatable bonds is 9. The molecule has 0 bridgehead atoms. The second-order valence-corrected chi connectivity index (χ2v) is 6.55. The lowest BCUT2D eigenvalue weighted by atomic mass is 9.96. The van der Waals surface area contributed by atoms with Crippen molar-refractivity contribution in [1.82, 2.24) is 10.2 Å². The van der Waals surface area contributed by atoms with Crippen molar-refractivity contribution < 1.29 is 4.79 Å². The highest BCUT2D eigenvalue weighted by Crippen LogP contribution is 2.12. The maximum absolute atomic E-state index is 12.1. The van der Waals surface area contributed by atoms with Crippen LogP contribution in [0.15, 0.2) is 0 Å². The fourth-order valence-corrected chi connectivity index (χ4v) is 2.26. The summed E-state index contributed by atoms with van der Waals surface area (Å²) in [6, 6.07) is 0.390. The SMILES string of the molecule is CC(C)CC(CN)C(=O)NCC(CC(C)C)N(C)C. The van der Waals surface area contributed by atoms with Gasteiger partial charge in [-0.05, 0) is 38.8 Å². The van der Waals surface area contributed by atoms with Crippen LogP contribution < -0.4 is 11.1 Å². The summed E-state index contributed by atoms with van der Waals surface area (Å²) in [6.07, 6.45) is 1.95. The Morgan fingerprint density at radius 3 is 2.00 bits per heavy atom. The molecule has 2 unspecified atom stereocenters. The maximum atomic E-state index is 12.1. The summed E-state index contributed by atoms with van der Waals surface area (Å²) >= 11 is 0. The first-order valence-corrected chi connectivity index (χ1v) is 7.42. The van der Waals surface area contributed by atoms with E-state index in [1.807, 2.05) is 0 Å². The quantitative estimate of drug-likeness (QED) is 0.671. The van der Waals surface area contributed by atoms with Gasteiger partial charge in [-0.3, -0.25) is 4.79 Å². The molecule has 4 heteroatoms. The molecule has 0 aliphatic heterocycles. The second-order valence-electron chi connectivity index (χ2n) is 6.55. The van der Waals surface area contributed by atoms with Gasteiger partial charge in [0.2, 0.25) is 5.91 Å². The van der Waals surface area contributed by atoms with Gasteiger partial charge in [0.05, 0.1) is 5.92 Å². The van der Waals surface area contributed by atoms with Gasteiger partial charge in [-0.25, -0.2) is 0 Å². The predicted octanol–water partition coefficient (Wildman–Crippen LogP) is 1.70. The summed E-state index contributed by atoms with van der Waals surface area (Å²) in [6.45, 7) is 9.80. The van der Waals surface area contributed by atoms with Crippen molar-refractivity contribution in [3.63, 3.8) is 0 Å². The smallest absolute Gasteiger partial charge is 0.224 e. The average Bonchev–Trinajstić information content (AvgIpc) is 2.29. The fourth-order valence-electron chi connectivity index (χ4n) is 2.26. The third-order valence-electron chi connectivity index (χ3n) is 3.40. The Morgan fingerprint density at radius 2 is 1.63 bits per heavy atom. The van der Waals surface area contributed by atoms with Gasteiger partial charge in [-0.2, -0.15) is 0 Å². The minimum absolute atomic E-state index is 0.0538. The Bertz CT molecular complexity index is 252. The molecular weight excluding hydrogens is 238 g/mol. The standard InChI is InChI=1S/C15H33N3O/c1-11(2)7-13(9-16)15(19)17-10-14(18(5)6)8-12(3)4/h11-14H,7-10,16H2,1-6H3,(H,17,19). The zero-order valence-corrected chi connectivity index (χ0v) is 13.6. The number of amides is 1. The third-order valence-corrected chi connectivity index (χ3v) is 3.40. The van der Waals surface area contributed by atoms with Gasteiger partial charge in [0.1, 0.15) is 0 Å². The summed E-state index contributed by atoms with van der Waals surface area (Å²) in [5.74, 6) is 1.18. The lowest BCUT2D eigenvalue weighted by Crippen LogP contribution is -2.44. The molecule has 0 aromatic carbocycles. The largest absolute Gasteiger partial charge is 0.354 e. The number of likely N-dealkylation sites (N-methyl/N-ethyl adjacent to an activating group) is 1. The van der Waals surface area contributed by atoms with Gasteiger partial charge >= 0.3 is 0 Å². The normalized spacial score (nSPS) is 15.1. The number of hydrogen-bond donors (Lipinski definition) is 2. The van der Waals surface area contributed by atoms with E-state index < -0.39 is 0 Å². The zero-order valence-electron chi connectivity index (χ0n) is 13.6. The molecule has 0 saturated carbocycles. The monoisotopic (exact) mass is 271 g/mol. The van der Waals surface area contributed by atoms with Crippen LogP contribution in [0.3, 0.4) is 0 Å². The summed E-state index contributed by atoms with van der Waals surface area (Å²) in [4.78, 5) is 14.3. The van der Waals surface area contributed by atoms with E-state index in [0.29, 0.717) is 31.0 Å². The molecule has 2 atom stereocenters. The number of nitrogens with zero attached hydrogens (tertiary/aromatic N) is 1. The first kappa shape index (κ1) is 18.4. The Hall–Kier alpha value is -0.610. The van der Waals surface area contributed by atoms with E-state index in [-0.39, 0.29) is 11.8 Å². The van der Waals surface area contributed by atoms with Gasteiger partial charge in [0, 0.05) is 19.1 Å². The highest BCUT2D eigenvalue weighted by Gasteiger charge is 2.20. The summed E-state index contributed by atoms with van der Waals surface area (Å²) in [7, 11) is 4.13. The number of nitrogens with two attached hydrogens (primary N) is 1. The van der Waals surface area contributed by atoms with Gasteiger partial charge in [-0.15, -0.1) is 0 Å². The van der Waals surface area contributed by atoms with Crippen LogP contribution in [0.25, 0.3) is 0 Å². The summed E-state index contributed by atoms with van der Waals surface area (Å²) in [5.41, 5.74) is 5.70. The summed E-state index contributed by atoms with van der Waals surface area (Å²) in [5, 5.41) is 3.07. The van der Waals surface area contributed by atoms with Gasteiger partial charge < -0.3 is 16.0 Å². The van der Waals surface area contributed by atoms with E-state index in [1.165, 1.54) is 0 Å². The lowest BCUT2D eigenvalue weighted by molar-refractivity contribution is -0.125. The molecule has 0 aromatic rings. The average molecular weight is 271 g/mol. The Kier molecular flexibility index (Phi) is 9.02. The van der Waals surface area contributed by atoms with E-state index in [0.717, 1.165) is 12.8 Å². The molecule has 0 heterocycles. The van der Waals surface area contributed by atoms with E-state index in [9.17, 15) is 4.79 Å². The maximum Gasteiger partial charge on any atom is 0.224 e. The number of carbonyl (C=O) groups is 1. The highest BCUT2D eigenvalue weighted by atomic mass is 16.1. The van der Waals surface area contributed by atoms with Crippen LogP contribution in [-0.2, 0) is 4.79 Å². The molecular formula is C15H33N3O. The van der Waals surface area contributed by atoms with E-state index in [2.05, 4.69) is 52.0 Å². The topological polar surface area (TPSA) is 58.4 Å². The zero-order chi connectivity index (χ0) is 15.0. The lowest BCUT2D eigenvalue weighted by Gasteiger charge is -2.27. The van der Waals surface area contributed by atoms with Crippen molar-refractivity contribution in [2.75, 3.05) is 27.2 Å². The number of carbonyl (C=O) groups excluding carboxylic acids is 1. The van der Waals surface area contributed by atoms with Gasteiger partial charge in [0.15, 0.2) is 0 Å². The highest BCUT2D eigenvalue weighted by molar-refractivity contribution is 5.78. The molecule has 0 radical (unpaired) electrons. The van der Waals surface area contributed by atoms with Crippen LogP contribution in [0.5, 0.6) is 0 Å². The van der Waals surface area contributed by atoms with Crippen molar-refractivity contribution in [2.45, 2.75) is 46.6 Å². The molecule has 1 amide bonds. The molecule has 0 aliphatic carbocycles. The molecule has 4 nitrogen and oxygen atoms in total. The van der Waals surface area contributed by atoms with Crippen molar-refractivity contribution in [2.24, 2.45) is 23.5 Å².